The zero-order chi connectivity index (χ0) is 15.5. The van der Waals surface area contributed by atoms with Gasteiger partial charge in [0.05, 0.1) is 11.6 Å². The maximum atomic E-state index is 12.1. The molecule has 1 aromatic carbocycles. The zero-order valence-electron chi connectivity index (χ0n) is 11.7. The maximum Gasteiger partial charge on any atom is 0.313 e. The van der Waals surface area contributed by atoms with Crippen LogP contribution in [0.2, 0.25) is 5.02 Å². The highest BCUT2D eigenvalue weighted by atomic mass is 35.5. The number of H-pyrrole nitrogens is 1. The summed E-state index contributed by atoms with van der Waals surface area (Å²) in [7, 11) is 0. The predicted molar refractivity (Wildman–Crippen MR) is 80.2 cm³/mol. The van der Waals surface area contributed by atoms with Gasteiger partial charge in [0.1, 0.15) is 12.4 Å². The summed E-state index contributed by atoms with van der Waals surface area (Å²) < 4.78 is 10.6. The summed E-state index contributed by atoms with van der Waals surface area (Å²) in [5.74, 6) is -0.401. The Balaban J connectivity index is 1.58. The number of fused-ring (bicyclic) bond motifs is 1. The van der Waals surface area contributed by atoms with Gasteiger partial charge in [0.15, 0.2) is 6.61 Å². The SMILES string of the molecule is O=C(COC(=O)[C@@H]1COc2ccc(Cl)cc2C1)c1ccc[nH]1. The number of carbonyl (C=O) groups excluding carboxylic acids is 2. The van der Waals surface area contributed by atoms with E-state index in [2.05, 4.69) is 4.98 Å². The Morgan fingerprint density at radius 3 is 3.00 bits per heavy atom. The van der Waals surface area contributed by atoms with Gasteiger partial charge < -0.3 is 14.5 Å². The van der Waals surface area contributed by atoms with Gasteiger partial charge in [-0.25, -0.2) is 0 Å². The molecule has 0 aliphatic carbocycles. The van der Waals surface area contributed by atoms with Gasteiger partial charge in [0.25, 0.3) is 0 Å². The standard InChI is InChI=1S/C16H14ClNO4/c17-12-3-4-15-10(7-12)6-11(8-21-15)16(20)22-9-14(19)13-2-1-5-18-13/h1-5,7,11,18H,6,8-9H2/t11-/m0/s1. The van der Waals surface area contributed by atoms with Crippen LogP contribution < -0.4 is 4.74 Å². The Bertz CT molecular complexity index is 696. The molecule has 22 heavy (non-hydrogen) atoms. The van der Waals surface area contributed by atoms with Gasteiger partial charge in [0, 0.05) is 11.2 Å². The van der Waals surface area contributed by atoms with E-state index in [9.17, 15) is 9.59 Å². The number of hydrogen-bond acceptors (Lipinski definition) is 4. The van der Waals surface area contributed by atoms with Crippen LogP contribution in [0.15, 0.2) is 36.5 Å². The summed E-state index contributed by atoms with van der Waals surface area (Å²) in [5.41, 5.74) is 1.29. The third kappa shape index (κ3) is 3.14. The van der Waals surface area contributed by atoms with E-state index in [-0.39, 0.29) is 19.0 Å². The minimum atomic E-state index is -0.439. The Morgan fingerprint density at radius 2 is 2.23 bits per heavy atom. The number of benzene rings is 1. The van der Waals surface area contributed by atoms with Crippen molar-refractivity contribution >= 4 is 23.4 Å². The van der Waals surface area contributed by atoms with E-state index in [1.165, 1.54) is 0 Å². The van der Waals surface area contributed by atoms with Crippen molar-refractivity contribution in [3.8, 4) is 5.75 Å². The Hall–Kier alpha value is -2.27. The largest absolute Gasteiger partial charge is 0.492 e. The van der Waals surface area contributed by atoms with Gasteiger partial charge in [-0.15, -0.1) is 0 Å². The lowest BCUT2D eigenvalue weighted by Gasteiger charge is -2.24. The second-order valence-corrected chi connectivity index (χ2v) is 5.52. The van der Waals surface area contributed by atoms with Crippen molar-refractivity contribution in [2.24, 2.45) is 5.92 Å². The maximum absolute atomic E-state index is 12.1. The number of hydrogen-bond donors (Lipinski definition) is 1. The molecule has 0 radical (unpaired) electrons. The van der Waals surface area contributed by atoms with E-state index in [1.54, 1.807) is 36.5 Å². The number of carbonyl (C=O) groups is 2. The number of halogens is 1. The summed E-state index contributed by atoms with van der Waals surface area (Å²) in [6.07, 6.45) is 2.14. The molecule has 3 rings (SSSR count). The molecule has 0 saturated carbocycles. The summed E-state index contributed by atoms with van der Waals surface area (Å²) in [4.78, 5) is 26.6. The number of ketones is 1. The minimum absolute atomic E-state index is 0.240. The molecule has 0 unspecified atom stereocenters. The van der Waals surface area contributed by atoms with E-state index in [4.69, 9.17) is 21.1 Å². The Kier molecular flexibility index (Phi) is 4.15. The highest BCUT2D eigenvalue weighted by Crippen LogP contribution is 2.30. The molecule has 2 aromatic rings. The number of aromatic nitrogens is 1. The fourth-order valence-electron chi connectivity index (χ4n) is 2.35. The Morgan fingerprint density at radius 1 is 1.36 bits per heavy atom. The van der Waals surface area contributed by atoms with Gasteiger partial charge in [0.2, 0.25) is 5.78 Å². The molecule has 0 saturated heterocycles. The third-order valence-electron chi connectivity index (χ3n) is 3.51. The molecule has 6 heteroatoms. The number of nitrogens with one attached hydrogen (secondary N) is 1. The fourth-order valence-corrected chi connectivity index (χ4v) is 2.55. The van der Waals surface area contributed by atoms with Crippen molar-refractivity contribution < 1.29 is 19.1 Å². The number of Topliss-reactive ketones (excluding diaryl/α,β-unsaturated/α-hetero) is 1. The molecule has 2 heterocycles. The van der Waals surface area contributed by atoms with Crippen LogP contribution >= 0.6 is 11.6 Å². The number of rotatable bonds is 4. The first-order valence-corrected chi connectivity index (χ1v) is 7.26. The molecule has 1 atom stereocenters. The minimum Gasteiger partial charge on any atom is -0.492 e. The number of aromatic amines is 1. The molecule has 0 spiro atoms. The summed E-state index contributed by atoms with van der Waals surface area (Å²) in [5, 5.41) is 0.596. The van der Waals surface area contributed by atoms with Crippen molar-refractivity contribution in [1.82, 2.24) is 4.98 Å². The van der Waals surface area contributed by atoms with E-state index in [0.717, 1.165) is 11.3 Å². The molecule has 5 nitrogen and oxygen atoms in total. The van der Waals surface area contributed by atoms with Crippen molar-refractivity contribution in [3.63, 3.8) is 0 Å². The average Bonchev–Trinajstić information content (AvgIpc) is 3.06. The second kappa shape index (κ2) is 6.23. The van der Waals surface area contributed by atoms with Gasteiger partial charge >= 0.3 is 5.97 Å². The highest BCUT2D eigenvalue weighted by molar-refractivity contribution is 6.30. The number of ether oxygens (including phenoxy) is 2. The smallest absolute Gasteiger partial charge is 0.313 e. The average molecular weight is 320 g/mol. The lowest BCUT2D eigenvalue weighted by Crippen LogP contribution is -2.31. The van der Waals surface area contributed by atoms with E-state index >= 15 is 0 Å². The van der Waals surface area contributed by atoms with Crippen LogP contribution in [0, 0.1) is 5.92 Å². The van der Waals surface area contributed by atoms with Crippen molar-refractivity contribution in [1.29, 1.82) is 0 Å². The van der Waals surface area contributed by atoms with Crippen molar-refractivity contribution in [3.05, 3.63) is 52.8 Å². The van der Waals surface area contributed by atoms with E-state index < -0.39 is 11.9 Å². The topological polar surface area (TPSA) is 68.4 Å². The first-order valence-electron chi connectivity index (χ1n) is 6.88. The zero-order valence-corrected chi connectivity index (χ0v) is 12.4. The summed E-state index contributed by atoms with van der Waals surface area (Å²) in [6, 6.07) is 8.66. The summed E-state index contributed by atoms with van der Waals surface area (Å²) >= 11 is 5.94. The molecule has 1 N–H and O–H groups in total. The van der Waals surface area contributed by atoms with Crippen molar-refractivity contribution in [2.75, 3.05) is 13.2 Å². The fraction of sp³-hybridized carbons (Fsp3) is 0.250. The van der Waals surface area contributed by atoms with Gasteiger partial charge in [-0.3, -0.25) is 9.59 Å². The molecule has 1 aromatic heterocycles. The van der Waals surface area contributed by atoms with Crippen LogP contribution in [0.3, 0.4) is 0 Å². The molecule has 0 amide bonds. The summed E-state index contributed by atoms with van der Waals surface area (Å²) in [6.45, 7) is -0.0393. The Labute approximate surface area is 132 Å². The molecule has 1 aliphatic rings. The van der Waals surface area contributed by atoms with Gasteiger partial charge in [-0.05, 0) is 42.3 Å². The van der Waals surface area contributed by atoms with Crippen LogP contribution in [0.1, 0.15) is 16.1 Å². The molecular formula is C16H14ClNO4. The van der Waals surface area contributed by atoms with Crippen molar-refractivity contribution in [2.45, 2.75) is 6.42 Å². The molecule has 0 bridgehead atoms. The lowest BCUT2D eigenvalue weighted by atomic mass is 9.97. The lowest BCUT2D eigenvalue weighted by molar-refractivity contribution is -0.148. The molecular weight excluding hydrogens is 306 g/mol. The van der Waals surface area contributed by atoms with E-state index in [0.29, 0.717) is 17.1 Å². The molecule has 0 fully saturated rings. The van der Waals surface area contributed by atoms with Crippen LogP contribution in [0.4, 0.5) is 0 Å². The van der Waals surface area contributed by atoms with Crippen LogP contribution in [0.25, 0.3) is 0 Å². The highest BCUT2D eigenvalue weighted by Gasteiger charge is 2.28. The third-order valence-corrected chi connectivity index (χ3v) is 3.74. The van der Waals surface area contributed by atoms with Gasteiger partial charge in [-0.2, -0.15) is 0 Å². The van der Waals surface area contributed by atoms with Gasteiger partial charge in [-0.1, -0.05) is 11.6 Å². The monoisotopic (exact) mass is 319 g/mol. The quantitative estimate of drug-likeness (QED) is 0.695. The normalized spacial score (nSPS) is 16.5. The second-order valence-electron chi connectivity index (χ2n) is 5.08. The van der Waals surface area contributed by atoms with Crippen LogP contribution in [-0.2, 0) is 16.0 Å². The first kappa shape index (κ1) is 14.7. The molecule has 1 aliphatic heterocycles. The van der Waals surface area contributed by atoms with Crippen LogP contribution in [0.5, 0.6) is 5.75 Å². The van der Waals surface area contributed by atoms with E-state index in [1.807, 2.05) is 0 Å². The number of esters is 1. The van der Waals surface area contributed by atoms with Crippen LogP contribution in [-0.4, -0.2) is 30.0 Å². The molecule has 114 valence electrons. The predicted octanol–water partition coefficient (Wildman–Crippen LogP) is 2.65. The first-order chi connectivity index (χ1) is 10.6.